The molecule has 0 saturated carbocycles. The van der Waals surface area contributed by atoms with Crippen molar-refractivity contribution in [1.29, 1.82) is 0 Å². The van der Waals surface area contributed by atoms with Gasteiger partial charge in [-0.1, -0.05) is 29.5 Å². The van der Waals surface area contributed by atoms with Gasteiger partial charge in [-0.3, -0.25) is 9.59 Å². The zero-order chi connectivity index (χ0) is 25.9. The van der Waals surface area contributed by atoms with Crippen molar-refractivity contribution in [3.05, 3.63) is 72.3 Å². The van der Waals surface area contributed by atoms with E-state index in [1.54, 1.807) is 44.4 Å². The Bertz CT molecular complexity index is 1400. The minimum absolute atomic E-state index is 0.0611. The fourth-order valence-electron chi connectivity index (χ4n) is 4.76. The molecule has 0 spiro atoms. The van der Waals surface area contributed by atoms with Crippen molar-refractivity contribution in [2.24, 2.45) is 5.92 Å². The first-order chi connectivity index (χ1) is 18.0. The quantitative estimate of drug-likeness (QED) is 0.351. The van der Waals surface area contributed by atoms with Crippen LogP contribution in [0.4, 0.5) is 10.8 Å². The number of nitrogens with zero attached hydrogens (tertiary/aromatic N) is 2. The number of hydrogen-bond donors (Lipinski definition) is 1. The van der Waals surface area contributed by atoms with Gasteiger partial charge in [-0.2, -0.15) is 0 Å². The molecule has 0 unspecified atom stereocenters. The van der Waals surface area contributed by atoms with E-state index in [1.165, 1.54) is 11.3 Å². The number of anilines is 2. The summed E-state index contributed by atoms with van der Waals surface area (Å²) in [4.78, 5) is 33.3. The van der Waals surface area contributed by atoms with Crippen LogP contribution in [0.1, 0.15) is 24.4 Å². The standard InChI is InChI=1S/C28H27N3O5S/c1-34-19-11-9-18(10-12-19)31-25(32)15-13-20(26(31)17-8-14-22(35-2)23(16-17)36-3)27(33)30-28-29-21-6-4-5-7-24(21)37-28/h4-12,14,16,20,26H,13,15H2,1-3H3,(H,29,30,33)/t20-,26+/m0/s1. The molecule has 1 aliphatic heterocycles. The molecule has 2 amide bonds. The molecule has 0 aliphatic carbocycles. The summed E-state index contributed by atoms with van der Waals surface area (Å²) in [5.41, 5.74) is 2.28. The van der Waals surface area contributed by atoms with Crippen LogP contribution in [0, 0.1) is 5.92 Å². The summed E-state index contributed by atoms with van der Waals surface area (Å²) in [6.07, 6.45) is 0.648. The van der Waals surface area contributed by atoms with Gasteiger partial charge < -0.3 is 24.4 Å². The predicted octanol–water partition coefficient (Wildman–Crippen LogP) is 5.45. The molecule has 1 aliphatic rings. The molecule has 5 rings (SSSR count). The van der Waals surface area contributed by atoms with Crippen molar-refractivity contribution in [1.82, 2.24) is 4.98 Å². The number of piperidine rings is 1. The third-order valence-electron chi connectivity index (χ3n) is 6.56. The Morgan fingerprint density at radius 2 is 1.73 bits per heavy atom. The topological polar surface area (TPSA) is 90.0 Å². The molecule has 0 bridgehead atoms. The summed E-state index contributed by atoms with van der Waals surface area (Å²) in [7, 11) is 4.72. The number of carbonyl (C=O) groups is 2. The van der Waals surface area contributed by atoms with Crippen molar-refractivity contribution in [2.75, 3.05) is 31.5 Å². The van der Waals surface area contributed by atoms with E-state index in [-0.39, 0.29) is 18.2 Å². The van der Waals surface area contributed by atoms with Crippen molar-refractivity contribution in [2.45, 2.75) is 18.9 Å². The van der Waals surface area contributed by atoms with E-state index in [0.717, 1.165) is 15.8 Å². The number of para-hydroxylation sites is 1. The van der Waals surface area contributed by atoms with Gasteiger partial charge in [0.25, 0.3) is 0 Å². The highest BCUT2D eigenvalue weighted by Gasteiger charge is 2.42. The molecule has 1 aromatic heterocycles. The number of amides is 2. The van der Waals surface area contributed by atoms with Gasteiger partial charge in [-0.05, 0) is 60.5 Å². The molecule has 37 heavy (non-hydrogen) atoms. The number of aromatic nitrogens is 1. The number of benzene rings is 3. The van der Waals surface area contributed by atoms with Crippen molar-refractivity contribution >= 4 is 44.2 Å². The maximum absolute atomic E-state index is 13.7. The molecule has 9 heteroatoms. The maximum Gasteiger partial charge on any atom is 0.231 e. The fourth-order valence-corrected chi connectivity index (χ4v) is 5.62. The van der Waals surface area contributed by atoms with E-state index in [1.807, 2.05) is 48.5 Å². The predicted molar refractivity (Wildman–Crippen MR) is 144 cm³/mol. The van der Waals surface area contributed by atoms with Crippen LogP contribution in [0.15, 0.2) is 66.7 Å². The lowest BCUT2D eigenvalue weighted by Gasteiger charge is -2.41. The van der Waals surface area contributed by atoms with E-state index in [2.05, 4.69) is 10.3 Å². The van der Waals surface area contributed by atoms with Gasteiger partial charge in [0.1, 0.15) is 5.75 Å². The lowest BCUT2D eigenvalue weighted by atomic mass is 9.83. The highest BCUT2D eigenvalue weighted by atomic mass is 32.1. The summed E-state index contributed by atoms with van der Waals surface area (Å²) in [6.45, 7) is 0. The summed E-state index contributed by atoms with van der Waals surface area (Å²) >= 11 is 1.43. The first-order valence-corrected chi connectivity index (χ1v) is 12.7. The molecule has 4 aromatic rings. The van der Waals surface area contributed by atoms with E-state index in [9.17, 15) is 9.59 Å². The smallest absolute Gasteiger partial charge is 0.231 e. The van der Waals surface area contributed by atoms with Crippen LogP contribution < -0.4 is 24.4 Å². The molecular weight excluding hydrogens is 490 g/mol. The monoisotopic (exact) mass is 517 g/mol. The number of hydrogen-bond acceptors (Lipinski definition) is 7. The molecule has 190 valence electrons. The van der Waals surface area contributed by atoms with Crippen LogP contribution in [-0.4, -0.2) is 38.1 Å². The second kappa shape index (κ2) is 10.5. The highest BCUT2D eigenvalue weighted by Crippen LogP contribution is 2.43. The molecule has 1 saturated heterocycles. The van der Waals surface area contributed by atoms with Crippen LogP contribution in [0.25, 0.3) is 10.2 Å². The Morgan fingerprint density at radius 3 is 2.43 bits per heavy atom. The Hall–Kier alpha value is -4.11. The molecule has 1 N–H and O–H groups in total. The number of thiazole rings is 1. The number of nitrogens with one attached hydrogen (secondary N) is 1. The normalized spacial score (nSPS) is 17.5. The van der Waals surface area contributed by atoms with Crippen LogP contribution in [0.5, 0.6) is 17.2 Å². The van der Waals surface area contributed by atoms with Crippen molar-refractivity contribution in [3.63, 3.8) is 0 Å². The zero-order valence-corrected chi connectivity index (χ0v) is 21.6. The number of ether oxygens (including phenoxy) is 3. The number of fused-ring (bicyclic) bond motifs is 1. The van der Waals surface area contributed by atoms with Crippen molar-refractivity contribution < 1.29 is 23.8 Å². The molecule has 0 radical (unpaired) electrons. The zero-order valence-electron chi connectivity index (χ0n) is 20.8. The first kappa shape index (κ1) is 24.6. The number of carbonyl (C=O) groups excluding carboxylic acids is 2. The lowest BCUT2D eigenvalue weighted by molar-refractivity contribution is -0.125. The first-order valence-electron chi connectivity index (χ1n) is 11.9. The minimum atomic E-state index is -0.566. The Morgan fingerprint density at radius 1 is 0.973 bits per heavy atom. The highest BCUT2D eigenvalue weighted by molar-refractivity contribution is 7.22. The van der Waals surface area contributed by atoms with Crippen LogP contribution in [-0.2, 0) is 9.59 Å². The molecule has 3 aromatic carbocycles. The van der Waals surface area contributed by atoms with Crippen LogP contribution in [0.2, 0.25) is 0 Å². The summed E-state index contributed by atoms with van der Waals surface area (Å²) in [5.74, 6) is 1.00. The average molecular weight is 518 g/mol. The molecule has 2 atom stereocenters. The summed E-state index contributed by atoms with van der Waals surface area (Å²) in [6, 6.07) is 20.0. The molecular formula is C28H27N3O5S. The van der Waals surface area contributed by atoms with Crippen LogP contribution in [0.3, 0.4) is 0 Å². The molecule has 8 nitrogen and oxygen atoms in total. The fraction of sp³-hybridized carbons (Fsp3) is 0.250. The summed E-state index contributed by atoms with van der Waals surface area (Å²) in [5, 5.41) is 3.54. The Balaban J connectivity index is 1.55. The number of methoxy groups -OCH3 is 3. The average Bonchev–Trinajstić information content (AvgIpc) is 3.34. The van der Waals surface area contributed by atoms with E-state index >= 15 is 0 Å². The van der Waals surface area contributed by atoms with Gasteiger partial charge >= 0.3 is 0 Å². The number of rotatable bonds is 7. The van der Waals surface area contributed by atoms with E-state index in [0.29, 0.717) is 34.5 Å². The van der Waals surface area contributed by atoms with Gasteiger partial charge in [0.05, 0.1) is 43.5 Å². The van der Waals surface area contributed by atoms with Gasteiger partial charge in [0, 0.05) is 12.1 Å². The SMILES string of the molecule is COc1ccc(N2C(=O)CC[C@H](C(=O)Nc3nc4ccccc4s3)[C@H]2c2ccc(OC)c(OC)c2)cc1. The third-order valence-corrected chi connectivity index (χ3v) is 7.51. The summed E-state index contributed by atoms with van der Waals surface area (Å²) < 4.78 is 17.2. The minimum Gasteiger partial charge on any atom is -0.497 e. The second-order valence-corrected chi connectivity index (χ2v) is 9.67. The Labute approximate surface area is 218 Å². The van der Waals surface area contributed by atoms with E-state index in [4.69, 9.17) is 14.2 Å². The molecule has 1 fully saturated rings. The second-order valence-electron chi connectivity index (χ2n) is 8.64. The van der Waals surface area contributed by atoms with Crippen molar-refractivity contribution in [3.8, 4) is 17.2 Å². The molecule has 2 heterocycles. The lowest BCUT2D eigenvalue weighted by Crippen LogP contribution is -2.47. The van der Waals surface area contributed by atoms with Gasteiger partial charge in [0.15, 0.2) is 16.6 Å². The van der Waals surface area contributed by atoms with Gasteiger partial charge in [-0.15, -0.1) is 0 Å². The largest absolute Gasteiger partial charge is 0.497 e. The van der Waals surface area contributed by atoms with Gasteiger partial charge in [-0.25, -0.2) is 4.98 Å². The van der Waals surface area contributed by atoms with Crippen LogP contribution >= 0.6 is 11.3 Å². The van der Waals surface area contributed by atoms with E-state index < -0.39 is 12.0 Å². The maximum atomic E-state index is 13.7. The third kappa shape index (κ3) is 4.82. The van der Waals surface area contributed by atoms with Gasteiger partial charge in [0.2, 0.25) is 11.8 Å². The Kier molecular flexibility index (Phi) is 6.96.